The van der Waals surface area contributed by atoms with Crippen LogP contribution < -0.4 is 5.43 Å². The fraction of sp³-hybridized carbons (Fsp3) is 0.500. The van der Waals surface area contributed by atoms with Gasteiger partial charge in [-0.15, -0.1) is 0 Å². The van der Waals surface area contributed by atoms with Crippen LogP contribution in [0, 0.1) is 12.8 Å². The fourth-order valence-electron chi connectivity index (χ4n) is 4.33. The van der Waals surface area contributed by atoms with Crippen molar-refractivity contribution in [2.75, 3.05) is 6.61 Å². The van der Waals surface area contributed by atoms with Crippen LogP contribution >= 0.6 is 0 Å². The van der Waals surface area contributed by atoms with E-state index in [4.69, 9.17) is 4.74 Å². The quantitative estimate of drug-likeness (QED) is 0.653. The highest BCUT2D eigenvalue weighted by molar-refractivity contribution is 5.90. The highest BCUT2D eigenvalue weighted by Gasteiger charge is 2.24. The second-order valence-electron chi connectivity index (χ2n) is 7.79. The van der Waals surface area contributed by atoms with Gasteiger partial charge in [0, 0.05) is 24.0 Å². The molecule has 2 aromatic rings. The van der Waals surface area contributed by atoms with Gasteiger partial charge in [-0.05, 0) is 38.2 Å². The third kappa shape index (κ3) is 4.92. The summed E-state index contributed by atoms with van der Waals surface area (Å²) in [7, 11) is 0. The second-order valence-corrected chi connectivity index (χ2v) is 7.79. The van der Waals surface area contributed by atoms with Crippen molar-refractivity contribution in [3.8, 4) is 0 Å². The number of hydrogen-bond donors (Lipinski definition) is 0. The minimum absolute atomic E-state index is 0.210. The Morgan fingerprint density at radius 1 is 1.14 bits per heavy atom. The van der Waals surface area contributed by atoms with Crippen LogP contribution in [0.15, 0.2) is 41.2 Å². The standard InChI is InChI=1S/C24H31NO3/c1-3-28-24(27)23-21(17-20-12-8-5-9-13-20)25(18(2)16-22(23)26)15-14-19-10-6-4-7-11-19/h4,6-7,10-11,16,20H,3,5,8-9,12-15,17H2,1-2H3. The van der Waals surface area contributed by atoms with Gasteiger partial charge in [0.25, 0.3) is 0 Å². The van der Waals surface area contributed by atoms with Crippen molar-refractivity contribution in [1.82, 2.24) is 4.57 Å². The molecule has 0 aliphatic heterocycles. The fourth-order valence-corrected chi connectivity index (χ4v) is 4.33. The first-order chi connectivity index (χ1) is 13.6. The lowest BCUT2D eigenvalue weighted by Crippen LogP contribution is -2.28. The highest BCUT2D eigenvalue weighted by atomic mass is 16.5. The van der Waals surface area contributed by atoms with Gasteiger partial charge in [0.1, 0.15) is 5.56 Å². The van der Waals surface area contributed by atoms with Crippen molar-refractivity contribution >= 4 is 5.97 Å². The minimum atomic E-state index is -0.480. The smallest absolute Gasteiger partial charge is 0.343 e. The maximum Gasteiger partial charge on any atom is 0.343 e. The van der Waals surface area contributed by atoms with Gasteiger partial charge in [0.15, 0.2) is 5.43 Å². The predicted octanol–water partition coefficient (Wildman–Crippen LogP) is 4.70. The average molecular weight is 382 g/mol. The summed E-state index contributed by atoms with van der Waals surface area (Å²) in [6.45, 7) is 4.77. The molecule has 150 valence electrons. The molecule has 4 heteroatoms. The number of hydrogen-bond acceptors (Lipinski definition) is 3. The lowest BCUT2D eigenvalue weighted by molar-refractivity contribution is 0.0521. The molecule has 1 aliphatic rings. The van der Waals surface area contributed by atoms with Gasteiger partial charge in [-0.25, -0.2) is 4.79 Å². The molecule has 0 bridgehead atoms. The van der Waals surface area contributed by atoms with E-state index in [0.717, 1.165) is 30.8 Å². The van der Waals surface area contributed by atoms with Gasteiger partial charge in [-0.1, -0.05) is 62.4 Å². The number of rotatable bonds is 7. The Hall–Kier alpha value is -2.36. The van der Waals surface area contributed by atoms with Crippen LogP contribution in [0.5, 0.6) is 0 Å². The summed E-state index contributed by atoms with van der Waals surface area (Å²) in [6, 6.07) is 11.9. The Balaban J connectivity index is 1.98. The van der Waals surface area contributed by atoms with Crippen molar-refractivity contribution in [2.24, 2.45) is 5.92 Å². The summed E-state index contributed by atoms with van der Waals surface area (Å²) in [5.41, 5.74) is 3.07. The molecule has 0 radical (unpaired) electrons. The van der Waals surface area contributed by atoms with Gasteiger partial charge in [-0.3, -0.25) is 4.79 Å². The summed E-state index contributed by atoms with van der Waals surface area (Å²) in [6.07, 6.45) is 7.74. The van der Waals surface area contributed by atoms with Crippen molar-refractivity contribution < 1.29 is 9.53 Å². The van der Waals surface area contributed by atoms with Crippen molar-refractivity contribution in [2.45, 2.75) is 65.3 Å². The number of nitrogens with zero attached hydrogens (tertiary/aromatic N) is 1. The first-order valence-electron chi connectivity index (χ1n) is 10.5. The Bertz CT molecular complexity index is 848. The summed E-state index contributed by atoms with van der Waals surface area (Å²) < 4.78 is 7.42. The molecule has 0 unspecified atom stereocenters. The highest BCUT2D eigenvalue weighted by Crippen LogP contribution is 2.28. The minimum Gasteiger partial charge on any atom is -0.462 e. The molecule has 1 aromatic heterocycles. The zero-order chi connectivity index (χ0) is 19.9. The van der Waals surface area contributed by atoms with Crippen molar-refractivity contribution in [3.05, 3.63) is 69.1 Å². The zero-order valence-corrected chi connectivity index (χ0v) is 17.1. The zero-order valence-electron chi connectivity index (χ0n) is 17.1. The summed E-state index contributed by atoms with van der Waals surface area (Å²) in [5.74, 6) is 0.0536. The molecule has 0 atom stereocenters. The van der Waals surface area contributed by atoms with Crippen LogP contribution in [0.3, 0.4) is 0 Å². The molecule has 0 spiro atoms. The lowest BCUT2D eigenvalue weighted by Gasteiger charge is -2.26. The van der Waals surface area contributed by atoms with Crippen molar-refractivity contribution in [1.29, 1.82) is 0 Å². The number of ether oxygens (including phenoxy) is 1. The predicted molar refractivity (Wildman–Crippen MR) is 112 cm³/mol. The molecule has 1 aliphatic carbocycles. The monoisotopic (exact) mass is 381 g/mol. The van der Waals surface area contributed by atoms with Gasteiger partial charge in [0.05, 0.1) is 6.61 Å². The number of pyridine rings is 1. The van der Waals surface area contributed by atoms with Gasteiger partial charge < -0.3 is 9.30 Å². The van der Waals surface area contributed by atoms with E-state index in [1.165, 1.54) is 37.7 Å². The molecule has 4 nitrogen and oxygen atoms in total. The van der Waals surface area contributed by atoms with E-state index in [-0.39, 0.29) is 17.6 Å². The topological polar surface area (TPSA) is 48.3 Å². The summed E-state index contributed by atoms with van der Waals surface area (Å²) in [5, 5.41) is 0. The molecular formula is C24H31NO3. The van der Waals surface area contributed by atoms with E-state index >= 15 is 0 Å². The third-order valence-corrected chi connectivity index (χ3v) is 5.78. The van der Waals surface area contributed by atoms with E-state index in [2.05, 4.69) is 16.7 Å². The number of aromatic nitrogens is 1. The number of carbonyl (C=O) groups is 1. The van der Waals surface area contributed by atoms with Crippen molar-refractivity contribution in [3.63, 3.8) is 0 Å². The van der Waals surface area contributed by atoms with E-state index < -0.39 is 5.97 Å². The number of aryl methyl sites for hydroxylation is 2. The molecule has 0 N–H and O–H groups in total. The molecule has 1 saturated carbocycles. The number of esters is 1. The molecule has 0 amide bonds. The van der Waals surface area contributed by atoms with E-state index in [1.54, 1.807) is 13.0 Å². The molecule has 3 rings (SSSR count). The summed E-state index contributed by atoms with van der Waals surface area (Å²) >= 11 is 0. The second kappa shape index (κ2) is 9.72. The Kier molecular flexibility index (Phi) is 7.07. The molecule has 1 fully saturated rings. The van der Waals surface area contributed by atoms with Gasteiger partial charge in [0.2, 0.25) is 0 Å². The molecule has 1 aromatic carbocycles. The molecule has 1 heterocycles. The van der Waals surface area contributed by atoms with Crippen LogP contribution in [-0.4, -0.2) is 17.1 Å². The first-order valence-corrected chi connectivity index (χ1v) is 10.5. The maximum absolute atomic E-state index is 12.7. The van der Waals surface area contributed by atoms with Crippen LogP contribution in [0.25, 0.3) is 0 Å². The maximum atomic E-state index is 12.7. The normalized spacial score (nSPS) is 14.8. The van der Waals surface area contributed by atoms with Crippen LogP contribution in [0.1, 0.15) is 66.3 Å². The Morgan fingerprint density at radius 2 is 1.86 bits per heavy atom. The van der Waals surface area contributed by atoms with Crippen LogP contribution in [0.4, 0.5) is 0 Å². The Labute approximate surface area is 167 Å². The SMILES string of the molecule is CCOC(=O)c1c(CC2CCCCC2)n(CCc2ccccc2)c(C)cc1=O. The number of benzene rings is 1. The van der Waals surface area contributed by atoms with E-state index in [0.29, 0.717) is 5.92 Å². The van der Waals surface area contributed by atoms with Crippen LogP contribution in [0.2, 0.25) is 0 Å². The third-order valence-electron chi connectivity index (χ3n) is 5.78. The largest absolute Gasteiger partial charge is 0.462 e. The van der Waals surface area contributed by atoms with Crippen LogP contribution in [-0.2, 0) is 24.1 Å². The van der Waals surface area contributed by atoms with Gasteiger partial charge in [-0.2, -0.15) is 0 Å². The Morgan fingerprint density at radius 3 is 2.54 bits per heavy atom. The van der Waals surface area contributed by atoms with E-state index in [1.807, 2.05) is 25.1 Å². The van der Waals surface area contributed by atoms with E-state index in [9.17, 15) is 9.59 Å². The van der Waals surface area contributed by atoms with Gasteiger partial charge >= 0.3 is 5.97 Å². The molecule has 0 saturated heterocycles. The first kappa shape index (κ1) is 20.4. The number of carbonyl (C=O) groups excluding carboxylic acids is 1. The lowest BCUT2D eigenvalue weighted by atomic mass is 9.85. The molecular weight excluding hydrogens is 350 g/mol. The molecule has 28 heavy (non-hydrogen) atoms. The average Bonchev–Trinajstić information content (AvgIpc) is 2.69. The summed E-state index contributed by atoms with van der Waals surface area (Å²) in [4.78, 5) is 25.4.